The molecule has 7 heteroatoms. The third-order valence-electron chi connectivity index (χ3n) is 7.57. The lowest BCUT2D eigenvalue weighted by Gasteiger charge is -2.31. The van der Waals surface area contributed by atoms with Gasteiger partial charge in [-0.25, -0.2) is 4.39 Å². The summed E-state index contributed by atoms with van der Waals surface area (Å²) in [6, 6.07) is 14.6. The Kier molecular flexibility index (Phi) is 7.02. The summed E-state index contributed by atoms with van der Waals surface area (Å²) in [5.74, 6) is 0.0638. The van der Waals surface area contributed by atoms with Crippen LogP contribution in [0.1, 0.15) is 30.9 Å². The monoisotopic (exact) mass is 494 g/mol. The van der Waals surface area contributed by atoms with E-state index in [0.717, 1.165) is 65.2 Å². The number of hydrogen-bond acceptors (Lipinski definition) is 5. The Morgan fingerprint density at radius 2 is 1.95 bits per heavy atom. The lowest BCUT2D eigenvalue weighted by Crippen LogP contribution is -2.34. The molecule has 1 aliphatic rings. The van der Waals surface area contributed by atoms with E-state index in [1.54, 1.807) is 6.07 Å². The smallest absolute Gasteiger partial charge is 0.141 e. The lowest BCUT2D eigenvalue weighted by molar-refractivity contribution is 0.182. The number of benzene rings is 2. The summed E-state index contributed by atoms with van der Waals surface area (Å²) < 4.78 is 17.0. The van der Waals surface area contributed by atoms with E-state index in [2.05, 4.69) is 34.0 Å². The van der Waals surface area contributed by atoms with Crippen molar-refractivity contribution in [2.24, 2.45) is 5.92 Å². The Balaban J connectivity index is 1.63. The van der Waals surface area contributed by atoms with Gasteiger partial charge in [0.1, 0.15) is 11.9 Å². The first-order valence-corrected chi connectivity index (χ1v) is 12.8. The van der Waals surface area contributed by atoms with E-state index in [9.17, 15) is 9.65 Å². The molecule has 0 aliphatic carbocycles. The molecule has 0 bridgehead atoms. The van der Waals surface area contributed by atoms with Crippen molar-refractivity contribution in [3.8, 4) is 28.5 Å². The summed E-state index contributed by atoms with van der Waals surface area (Å²) >= 11 is 0. The second-order valence-corrected chi connectivity index (χ2v) is 9.63. The molecule has 1 aliphatic heterocycles. The molecular formula is C30H31FN6. The van der Waals surface area contributed by atoms with Gasteiger partial charge in [0.2, 0.25) is 0 Å². The molecule has 2 aromatic heterocycles. The third-order valence-corrected chi connectivity index (χ3v) is 7.57. The van der Waals surface area contributed by atoms with Crippen LogP contribution in [0.25, 0.3) is 33.3 Å². The Hall–Kier alpha value is -4.02. The first kappa shape index (κ1) is 24.7. The zero-order chi connectivity index (χ0) is 25.9. The molecule has 0 amide bonds. The Labute approximate surface area is 216 Å². The minimum absolute atomic E-state index is 0.0193. The van der Waals surface area contributed by atoms with Crippen LogP contribution in [0.15, 0.2) is 54.9 Å². The maximum atomic E-state index is 14.8. The highest BCUT2D eigenvalue weighted by molar-refractivity contribution is 6.02. The number of nitrogens with zero attached hydrogens (tertiary/aromatic N) is 4. The van der Waals surface area contributed by atoms with Gasteiger partial charge in [0.25, 0.3) is 0 Å². The molecule has 0 saturated carbocycles. The Morgan fingerprint density at radius 3 is 2.62 bits per heavy atom. The van der Waals surface area contributed by atoms with E-state index in [1.165, 1.54) is 31.2 Å². The highest BCUT2D eigenvalue weighted by atomic mass is 19.1. The van der Waals surface area contributed by atoms with E-state index in [0.29, 0.717) is 11.5 Å². The van der Waals surface area contributed by atoms with E-state index in [4.69, 9.17) is 10.4 Å². The van der Waals surface area contributed by atoms with Crippen molar-refractivity contribution in [2.45, 2.75) is 26.3 Å². The number of nitrogens with one attached hydrogen (secondary N) is 2. The zero-order valence-corrected chi connectivity index (χ0v) is 21.3. The third kappa shape index (κ3) is 4.73. The molecule has 188 valence electrons. The quantitative estimate of drug-likeness (QED) is 0.302. The standard InChI is InChI=1S/C30H31FN6/c1-3-36-11-8-20(9-12-36)19-37-13-10-25-28(37)18-35-30(22-6-7-27(34-2)24(14-22)17-33)29(25)21-4-5-23(16-32)26(31)15-21/h4-7,10,13-15,17-18,20,33-34H,3,8-9,11-12,19H2,1-2H3. The van der Waals surface area contributed by atoms with Gasteiger partial charge in [-0.1, -0.05) is 19.1 Å². The molecule has 0 radical (unpaired) electrons. The fourth-order valence-corrected chi connectivity index (χ4v) is 5.41. The van der Waals surface area contributed by atoms with Gasteiger partial charge in [-0.05, 0) is 74.3 Å². The number of nitriles is 1. The minimum atomic E-state index is -0.546. The molecule has 1 saturated heterocycles. The van der Waals surface area contributed by atoms with Gasteiger partial charge in [0.05, 0.1) is 23.0 Å². The highest BCUT2D eigenvalue weighted by Gasteiger charge is 2.21. The number of anilines is 1. The van der Waals surface area contributed by atoms with Crippen molar-refractivity contribution < 1.29 is 4.39 Å². The average Bonchev–Trinajstić information content (AvgIpc) is 3.35. The minimum Gasteiger partial charge on any atom is -0.388 e. The normalized spacial score (nSPS) is 14.5. The van der Waals surface area contributed by atoms with Crippen LogP contribution >= 0.6 is 0 Å². The number of aromatic nitrogens is 2. The van der Waals surface area contributed by atoms with Crippen LogP contribution < -0.4 is 5.32 Å². The van der Waals surface area contributed by atoms with Gasteiger partial charge in [-0.15, -0.1) is 0 Å². The maximum Gasteiger partial charge on any atom is 0.141 e. The molecule has 0 atom stereocenters. The second kappa shape index (κ2) is 10.5. The van der Waals surface area contributed by atoms with Crippen molar-refractivity contribution in [1.29, 1.82) is 10.7 Å². The Bertz CT molecular complexity index is 1490. The molecule has 37 heavy (non-hydrogen) atoms. The average molecular weight is 495 g/mol. The van der Waals surface area contributed by atoms with Gasteiger partial charge < -0.3 is 20.2 Å². The van der Waals surface area contributed by atoms with Crippen molar-refractivity contribution in [3.63, 3.8) is 0 Å². The summed E-state index contributed by atoms with van der Waals surface area (Å²) in [6.07, 6.45) is 7.69. The van der Waals surface area contributed by atoms with E-state index < -0.39 is 5.82 Å². The topological polar surface area (TPSA) is 80.7 Å². The molecule has 4 aromatic rings. The summed E-state index contributed by atoms with van der Waals surface area (Å²) in [5.41, 5.74) is 5.70. The molecule has 0 unspecified atom stereocenters. The van der Waals surface area contributed by atoms with Crippen LogP contribution in [-0.2, 0) is 6.54 Å². The predicted molar refractivity (Wildman–Crippen MR) is 148 cm³/mol. The molecule has 6 nitrogen and oxygen atoms in total. The zero-order valence-electron chi connectivity index (χ0n) is 21.3. The number of hydrogen-bond donors (Lipinski definition) is 2. The largest absolute Gasteiger partial charge is 0.388 e. The number of pyridine rings is 1. The first-order valence-electron chi connectivity index (χ1n) is 12.8. The summed E-state index contributed by atoms with van der Waals surface area (Å²) in [5, 5.41) is 21.2. The van der Waals surface area contributed by atoms with Crippen LogP contribution in [0.3, 0.4) is 0 Å². The maximum absolute atomic E-state index is 14.8. The molecular weight excluding hydrogens is 463 g/mol. The number of rotatable bonds is 7. The van der Waals surface area contributed by atoms with Crippen molar-refractivity contribution in [1.82, 2.24) is 14.5 Å². The van der Waals surface area contributed by atoms with Gasteiger partial charge in [0.15, 0.2) is 0 Å². The number of fused-ring (bicyclic) bond motifs is 1. The van der Waals surface area contributed by atoms with Gasteiger partial charge in [0, 0.05) is 53.8 Å². The first-order chi connectivity index (χ1) is 18.1. The van der Waals surface area contributed by atoms with E-state index in [-0.39, 0.29) is 5.56 Å². The lowest BCUT2D eigenvalue weighted by atomic mass is 9.94. The summed E-state index contributed by atoms with van der Waals surface area (Å²) in [4.78, 5) is 7.39. The summed E-state index contributed by atoms with van der Waals surface area (Å²) in [7, 11) is 1.83. The van der Waals surface area contributed by atoms with E-state index >= 15 is 0 Å². The van der Waals surface area contributed by atoms with Crippen LogP contribution in [0, 0.1) is 28.5 Å². The van der Waals surface area contributed by atoms with Crippen LogP contribution in [0.4, 0.5) is 10.1 Å². The van der Waals surface area contributed by atoms with Crippen LogP contribution in [0.2, 0.25) is 0 Å². The van der Waals surface area contributed by atoms with E-state index in [1.807, 2.05) is 37.5 Å². The molecule has 2 N–H and O–H groups in total. The van der Waals surface area contributed by atoms with Gasteiger partial charge in [-0.2, -0.15) is 5.26 Å². The fourth-order valence-electron chi connectivity index (χ4n) is 5.41. The number of halogens is 1. The van der Waals surface area contributed by atoms with Crippen LogP contribution in [-0.4, -0.2) is 47.3 Å². The molecule has 1 fully saturated rings. The molecule has 2 aromatic carbocycles. The van der Waals surface area contributed by atoms with Crippen LogP contribution in [0.5, 0.6) is 0 Å². The fraction of sp³-hybridized carbons (Fsp3) is 0.300. The second-order valence-electron chi connectivity index (χ2n) is 9.63. The number of likely N-dealkylation sites (tertiary alicyclic amines) is 1. The van der Waals surface area contributed by atoms with Crippen molar-refractivity contribution in [2.75, 3.05) is 32.0 Å². The number of piperidine rings is 1. The molecule has 0 spiro atoms. The summed E-state index contributed by atoms with van der Waals surface area (Å²) in [6.45, 7) is 6.52. The van der Waals surface area contributed by atoms with Gasteiger partial charge in [-0.3, -0.25) is 4.98 Å². The SMILES string of the molecule is CCN1CCC(Cn2ccc3c(-c4ccc(C#N)c(F)c4)c(-c4ccc(NC)c(C=N)c4)ncc32)CC1. The highest BCUT2D eigenvalue weighted by Crippen LogP contribution is 2.39. The Morgan fingerprint density at radius 1 is 1.16 bits per heavy atom. The predicted octanol–water partition coefficient (Wildman–Crippen LogP) is 6.15. The molecule has 3 heterocycles. The van der Waals surface area contributed by atoms with Crippen molar-refractivity contribution in [3.05, 3.63) is 71.8 Å². The molecule has 5 rings (SSSR count). The van der Waals surface area contributed by atoms with Gasteiger partial charge >= 0.3 is 0 Å². The van der Waals surface area contributed by atoms with Crippen molar-refractivity contribution >= 4 is 22.8 Å².